The van der Waals surface area contributed by atoms with E-state index in [4.69, 9.17) is 4.74 Å². The lowest BCUT2D eigenvalue weighted by atomic mass is 10.1. The number of rotatable bonds is 12. The highest BCUT2D eigenvalue weighted by molar-refractivity contribution is 5.91. The zero-order chi connectivity index (χ0) is 19.2. The Morgan fingerprint density at radius 2 is 1.81 bits per heavy atom. The molecule has 0 saturated heterocycles. The van der Waals surface area contributed by atoms with E-state index < -0.39 is 23.8 Å². The Hall–Kier alpha value is -2.94. The smallest absolute Gasteiger partial charge is 0.243 e. The van der Waals surface area contributed by atoms with Crippen molar-refractivity contribution in [1.82, 2.24) is 21.3 Å². The lowest BCUT2D eigenvalue weighted by Crippen LogP contribution is -2.51. The number of hydrogen-bond acceptors (Lipinski definition) is 5. The molecule has 4 amide bonds. The second-order valence-electron chi connectivity index (χ2n) is 5.26. The molecule has 9 nitrogen and oxygen atoms in total. The fourth-order valence-electron chi connectivity index (χ4n) is 2.03. The van der Waals surface area contributed by atoms with Crippen LogP contribution in [0.4, 0.5) is 0 Å². The normalized spacial score (nSPS) is 11.1. The van der Waals surface area contributed by atoms with Crippen LogP contribution in [0.25, 0.3) is 0 Å². The van der Waals surface area contributed by atoms with Gasteiger partial charge in [-0.1, -0.05) is 30.3 Å². The molecule has 1 aromatic rings. The summed E-state index contributed by atoms with van der Waals surface area (Å²) >= 11 is 0. The van der Waals surface area contributed by atoms with E-state index in [0.717, 1.165) is 5.56 Å². The van der Waals surface area contributed by atoms with Gasteiger partial charge in [0.2, 0.25) is 24.1 Å². The van der Waals surface area contributed by atoms with Gasteiger partial charge in [0, 0.05) is 13.0 Å². The molecule has 0 spiro atoms. The van der Waals surface area contributed by atoms with Crippen LogP contribution in [0, 0.1) is 0 Å². The van der Waals surface area contributed by atoms with Crippen molar-refractivity contribution < 1.29 is 23.9 Å². The second-order valence-corrected chi connectivity index (χ2v) is 5.26. The Morgan fingerprint density at radius 1 is 1.08 bits per heavy atom. The fraction of sp³-hybridized carbons (Fsp3) is 0.412. The first-order valence-electron chi connectivity index (χ1n) is 8.19. The molecule has 0 aliphatic rings. The number of hydrogen-bond donors (Lipinski definition) is 4. The van der Waals surface area contributed by atoms with Crippen molar-refractivity contribution in [2.24, 2.45) is 0 Å². The first kappa shape index (κ1) is 21.1. The molecule has 4 N–H and O–H groups in total. The van der Waals surface area contributed by atoms with Gasteiger partial charge in [0.15, 0.2) is 0 Å². The maximum Gasteiger partial charge on any atom is 0.243 e. The van der Waals surface area contributed by atoms with Crippen LogP contribution in [0.3, 0.4) is 0 Å². The Balaban J connectivity index is 2.61. The average molecular weight is 364 g/mol. The summed E-state index contributed by atoms with van der Waals surface area (Å²) in [5.41, 5.74) is 0.845. The summed E-state index contributed by atoms with van der Waals surface area (Å²) in [7, 11) is 0. The van der Waals surface area contributed by atoms with Crippen LogP contribution in [-0.4, -0.2) is 56.6 Å². The zero-order valence-electron chi connectivity index (χ0n) is 14.6. The quantitative estimate of drug-likeness (QED) is 0.208. The van der Waals surface area contributed by atoms with Crippen molar-refractivity contribution >= 4 is 24.1 Å². The minimum absolute atomic E-state index is 0.0623. The predicted octanol–water partition coefficient (Wildman–Crippen LogP) is -1.31. The van der Waals surface area contributed by atoms with Crippen molar-refractivity contribution in [3.8, 4) is 0 Å². The van der Waals surface area contributed by atoms with E-state index in [2.05, 4.69) is 21.3 Å². The van der Waals surface area contributed by atoms with Crippen molar-refractivity contribution in [1.29, 1.82) is 0 Å². The van der Waals surface area contributed by atoms with Crippen LogP contribution in [0.1, 0.15) is 12.5 Å². The van der Waals surface area contributed by atoms with E-state index in [-0.39, 0.29) is 26.2 Å². The van der Waals surface area contributed by atoms with Gasteiger partial charge in [0.1, 0.15) is 12.8 Å². The van der Waals surface area contributed by atoms with Crippen molar-refractivity contribution in [3.63, 3.8) is 0 Å². The molecule has 1 aromatic carbocycles. The van der Waals surface area contributed by atoms with Crippen LogP contribution in [0.15, 0.2) is 30.3 Å². The molecule has 0 saturated carbocycles. The highest BCUT2D eigenvalue weighted by Gasteiger charge is 2.21. The summed E-state index contributed by atoms with van der Waals surface area (Å²) < 4.78 is 4.99. The minimum atomic E-state index is -0.877. The van der Waals surface area contributed by atoms with E-state index in [1.54, 1.807) is 6.92 Å². The van der Waals surface area contributed by atoms with Crippen LogP contribution in [0.5, 0.6) is 0 Å². The average Bonchev–Trinajstić information content (AvgIpc) is 2.65. The van der Waals surface area contributed by atoms with E-state index in [9.17, 15) is 19.2 Å². The van der Waals surface area contributed by atoms with Crippen LogP contribution in [0.2, 0.25) is 0 Å². The number of carbonyl (C=O) groups excluding carboxylic acids is 4. The van der Waals surface area contributed by atoms with E-state index in [1.165, 1.54) is 0 Å². The molecule has 26 heavy (non-hydrogen) atoms. The fourth-order valence-corrected chi connectivity index (χ4v) is 2.03. The van der Waals surface area contributed by atoms with Crippen LogP contribution in [-0.2, 0) is 30.3 Å². The number of benzene rings is 1. The van der Waals surface area contributed by atoms with Crippen LogP contribution < -0.4 is 21.3 Å². The van der Waals surface area contributed by atoms with E-state index in [0.29, 0.717) is 13.0 Å². The monoisotopic (exact) mass is 364 g/mol. The third-order valence-corrected chi connectivity index (χ3v) is 3.28. The lowest BCUT2D eigenvalue weighted by molar-refractivity contribution is -0.130. The van der Waals surface area contributed by atoms with Gasteiger partial charge in [-0.25, -0.2) is 0 Å². The van der Waals surface area contributed by atoms with Gasteiger partial charge in [-0.15, -0.1) is 0 Å². The van der Waals surface area contributed by atoms with Gasteiger partial charge in [-0.05, 0) is 12.5 Å². The molecule has 9 heteroatoms. The molecule has 1 atom stereocenters. The molecule has 0 bridgehead atoms. The third kappa shape index (κ3) is 8.78. The molecular weight excluding hydrogens is 340 g/mol. The maximum atomic E-state index is 12.4. The standard InChI is InChI=1S/C17H24N4O5/c1-2-26-12-20-15(23)10-19-17(25)14(21-16(24)9-18-11-22)8-13-6-4-3-5-7-13/h3-7,11,14H,2,8-10,12H2,1H3,(H,18,22)(H,19,25)(H,20,23)(H,21,24). The molecule has 0 aliphatic carbocycles. The first-order valence-corrected chi connectivity index (χ1v) is 8.19. The largest absolute Gasteiger partial charge is 0.362 e. The predicted molar refractivity (Wildman–Crippen MR) is 93.8 cm³/mol. The topological polar surface area (TPSA) is 126 Å². The van der Waals surface area contributed by atoms with Crippen molar-refractivity contribution in [3.05, 3.63) is 35.9 Å². The molecule has 142 valence electrons. The Bertz CT molecular complexity index is 594. The molecular formula is C17H24N4O5. The molecule has 1 rings (SSSR count). The number of ether oxygens (including phenoxy) is 1. The summed E-state index contributed by atoms with van der Waals surface area (Å²) in [6.45, 7) is 1.85. The lowest BCUT2D eigenvalue weighted by Gasteiger charge is -2.18. The zero-order valence-corrected chi connectivity index (χ0v) is 14.6. The molecule has 1 unspecified atom stereocenters. The highest BCUT2D eigenvalue weighted by atomic mass is 16.5. The Kier molecular flexibility index (Phi) is 10.1. The summed E-state index contributed by atoms with van der Waals surface area (Å²) in [6, 6.07) is 8.25. The number of carbonyl (C=O) groups is 4. The van der Waals surface area contributed by atoms with Gasteiger partial charge in [0.05, 0.1) is 13.1 Å². The van der Waals surface area contributed by atoms with Gasteiger partial charge < -0.3 is 26.0 Å². The molecule has 0 aliphatic heterocycles. The van der Waals surface area contributed by atoms with E-state index in [1.807, 2.05) is 30.3 Å². The van der Waals surface area contributed by atoms with Crippen LogP contribution >= 0.6 is 0 Å². The molecule has 0 radical (unpaired) electrons. The molecule has 0 fully saturated rings. The Labute approximate surface area is 151 Å². The summed E-state index contributed by atoms with van der Waals surface area (Å²) in [6.07, 6.45) is 0.647. The maximum absolute atomic E-state index is 12.4. The summed E-state index contributed by atoms with van der Waals surface area (Å²) in [4.78, 5) is 46.1. The van der Waals surface area contributed by atoms with Gasteiger partial charge in [-0.3, -0.25) is 19.2 Å². The number of amides is 4. The van der Waals surface area contributed by atoms with Gasteiger partial charge >= 0.3 is 0 Å². The number of nitrogens with one attached hydrogen (secondary N) is 4. The Morgan fingerprint density at radius 3 is 2.46 bits per heavy atom. The first-order chi connectivity index (χ1) is 12.6. The molecule has 0 heterocycles. The highest BCUT2D eigenvalue weighted by Crippen LogP contribution is 2.03. The minimum Gasteiger partial charge on any atom is -0.362 e. The van der Waals surface area contributed by atoms with Gasteiger partial charge in [0.25, 0.3) is 0 Å². The summed E-state index contributed by atoms with van der Waals surface area (Å²) in [5.74, 6) is -1.41. The van der Waals surface area contributed by atoms with Crippen molar-refractivity contribution in [2.75, 3.05) is 26.4 Å². The SMILES string of the molecule is CCOCNC(=O)CNC(=O)C(Cc1ccccc1)NC(=O)CNC=O. The third-order valence-electron chi connectivity index (χ3n) is 3.28. The van der Waals surface area contributed by atoms with E-state index >= 15 is 0 Å². The van der Waals surface area contributed by atoms with Crippen molar-refractivity contribution in [2.45, 2.75) is 19.4 Å². The van der Waals surface area contributed by atoms with Gasteiger partial charge in [-0.2, -0.15) is 0 Å². The molecule has 0 aromatic heterocycles. The second kappa shape index (κ2) is 12.4. The summed E-state index contributed by atoms with van der Waals surface area (Å²) in [5, 5.41) is 9.74.